The first-order valence-electron chi connectivity index (χ1n) is 11.3. The summed E-state index contributed by atoms with van der Waals surface area (Å²) < 4.78 is 7.91. The predicted octanol–water partition coefficient (Wildman–Crippen LogP) is 2.19. The van der Waals surface area contributed by atoms with Gasteiger partial charge in [-0.2, -0.15) is 0 Å². The van der Waals surface area contributed by atoms with E-state index in [1.807, 2.05) is 42.0 Å². The molecule has 35 heavy (non-hydrogen) atoms. The molecular formula is C24H35N3O8. The molecule has 2 heterocycles. The van der Waals surface area contributed by atoms with Crippen LogP contribution >= 0.6 is 0 Å². The Bertz CT molecular complexity index is 871. The number of carboxylic acid groups (broad SMARTS) is 3. The van der Waals surface area contributed by atoms with Gasteiger partial charge in [0, 0.05) is 38.6 Å². The zero-order chi connectivity index (χ0) is 26.1. The number of likely N-dealkylation sites (tertiary alicyclic amines) is 1. The van der Waals surface area contributed by atoms with Crippen molar-refractivity contribution in [2.75, 3.05) is 19.7 Å². The number of nitrogens with zero attached hydrogens (tertiary/aromatic N) is 3. The quantitative estimate of drug-likeness (QED) is 0.285. The smallest absolute Gasteiger partial charge is 0.313 e. The highest BCUT2D eigenvalue weighted by Gasteiger charge is 2.48. The number of benzene rings is 1. The largest absolute Gasteiger partial charge is 0.494 e. The Labute approximate surface area is 204 Å². The molecule has 2 atom stereocenters. The molecule has 0 saturated carbocycles. The third-order valence-corrected chi connectivity index (χ3v) is 5.68. The van der Waals surface area contributed by atoms with E-state index in [4.69, 9.17) is 24.5 Å². The summed E-state index contributed by atoms with van der Waals surface area (Å²) in [6.45, 7) is 4.66. The number of aliphatic carboxylic acids is 1. The van der Waals surface area contributed by atoms with Gasteiger partial charge in [0.05, 0.1) is 19.0 Å². The molecule has 4 N–H and O–H groups in total. The summed E-state index contributed by atoms with van der Waals surface area (Å²) in [5.41, 5.74) is 0.0123. The van der Waals surface area contributed by atoms with Crippen LogP contribution in [0.15, 0.2) is 43.0 Å². The Morgan fingerprint density at radius 3 is 2.60 bits per heavy atom. The fourth-order valence-electron chi connectivity index (χ4n) is 4.16. The van der Waals surface area contributed by atoms with Gasteiger partial charge in [-0.25, -0.2) is 4.98 Å². The van der Waals surface area contributed by atoms with Gasteiger partial charge in [0.15, 0.2) is 0 Å². The lowest BCUT2D eigenvalue weighted by Gasteiger charge is -2.43. The van der Waals surface area contributed by atoms with E-state index < -0.39 is 17.5 Å². The van der Waals surface area contributed by atoms with Crippen LogP contribution in [-0.4, -0.2) is 79.6 Å². The molecule has 0 aliphatic carbocycles. The van der Waals surface area contributed by atoms with Crippen LogP contribution in [0.2, 0.25) is 0 Å². The van der Waals surface area contributed by atoms with Gasteiger partial charge in [0.1, 0.15) is 11.2 Å². The Hall–Kier alpha value is -3.44. The molecule has 0 unspecified atom stereocenters. The van der Waals surface area contributed by atoms with Gasteiger partial charge in [-0.15, -0.1) is 0 Å². The van der Waals surface area contributed by atoms with Crippen LogP contribution in [0.1, 0.15) is 38.2 Å². The minimum Gasteiger partial charge on any atom is -0.494 e. The molecule has 2 aromatic rings. The van der Waals surface area contributed by atoms with Crippen LogP contribution in [0.4, 0.5) is 0 Å². The van der Waals surface area contributed by atoms with E-state index in [-0.39, 0.29) is 12.9 Å². The van der Waals surface area contributed by atoms with Crippen LogP contribution in [0.3, 0.4) is 0 Å². The van der Waals surface area contributed by atoms with Crippen molar-refractivity contribution in [3.8, 4) is 5.75 Å². The molecule has 0 amide bonds. The van der Waals surface area contributed by atoms with Gasteiger partial charge >= 0.3 is 5.97 Å². The van der Waals surface area contributed by atoms with Crippen molar-refractivity contribution in [2.45, 2.75) is 51.8 Å². The number of carboxylic acids is 1. The first-order chi connectivity index (χ1) is 16.9. The summed E-state index contributed by atoms with van der Waals surface area (Å²) in [4.78, 5) is 34.8. The highest BCUT2D eigenvalue weighted by Crippen LogP contribution is 2.36. The number of aliphatic hydroxyl groups excluding tert-OH is 1. The van der Waals surface area contributed by atoms with Crippen LogP contribution in [0.5, 0.6) is 5.75 Å². The van der Waals surface area contributed by atoms with Crippen molar-refractivity contribution < 1.29 is 39.5 Å². The number of aryl methyl sites for hydroxylation is 1. The van der Waals surface area contributed by atoms with E-state index in [0.717, 1.165) is 30.7 Å². The summed E-state index contributed by atoms with van der Waals surface area (Å²) in [5, 5.41) is 34.0. The predicted molar refractivity (Wildman–Crippen MR) is 127 cm³/mol. The van der Waals surface area contributed by atoms with E-state index in [9.17, 15) is 15.0 Å². The average molecular weight is 494 g/mol. The molecule has 1 aromatic heterocycles. The second-order valence-corrected chi connectivity index (χ2v) is 8.09. The molecule has 3 rings (SSSR count). The number of piperidine rings is 1. The van der Waals surface area contributed by atoms with E-state index in [1.165, 1.54) is 0 Å². The summed E-state index contributed by atoms with van der Waals surface area (Å²) in [6.07, 6.45) is 7.31. The fourth-order valence-corrected chi connectivity index (χ4v) is 4.16. The summed E-state index contributed by atoms with van der Waals surface area (Å²) >= 11 is 0. The number of aromatic nitrogens is 2. The highest BCUT2D eigenvalue weighted by atomic mass is 16.5. The van der Waals surface area contributed by atoms with Gasteiger partial charge in [0.25, 0.3) is 12.9 Å². The number of rotatable bonds is 10. The third-order valence-electron chi connectivity index (χ3n) is 5.68. The molecule has 0 bridgehead atoms. The Morgan fingerprint density at radius 2 is 2.00 bits per heavy atom. The second-order valence-electron chi connectivity index (χ2n) is 8.09. The summed E-state index contributed by atoms with van der Waals surface area (Å²) in [7, 11) is 0. The minimum atomic E-state index is -1.07. The van der Waals surface area contributed by atoms with Crippen molar-refractivity contribution in [1.82, 2.24) is 14.5 Å². The molecule has 1 aliphatic heterocycles. The first-order valence-corrected chi connectivity index (χ1v) is 11.3. The van der Waals surface area contributed by atoms with E-state index in [2.05, 4.69) is 9.88 Å². The Kier molecular flexibility index (Phi) is 13.7. The fraction of sp³-hybridized carbons (Fsp3) is 0.500. The lowest BCUT2D eigenvalue weighted by molar-refractivity contribution is -0.164. The summed E-state index contributed by atoms with van der Waals surface area (Å²) in [5.74, 6) is -0.0743. The van der Waals surface area contributed by atoms with Gasteiger partial charge < -0.3 is 29.7 Å². The average Bonchev–Trinajstić information content (AvgIpc) is 3.34. The highest BCUT2D eigenvalue weighted by molar-refractivity contribution is 5.76. The number of hydrogen-bond acceptors (Lipinski definition) is 7. The normalized spacial score (nSPS) is 19.3. The standard InChI is InChI=1S/C22H31N3O4.2CH2O2/c1-2-8-22(21(27)28)16-25(11-7-20(22)26)15-18-5-3-6-19(14-18)29-13-4-10-24-12-9-23-17-24;2*2-1-3/h3,5-6,9,12,14,17,20,26H,2,4,7-8,10-11,13,15-16H2,1H3,(H,27,28);2*1H,(H,2,3)/t20-,22+;;/m0../s1. The third kappa shape index (κ3) is 9.75. The zero-order valence-corrected chi connectivity index (χ0v) is 19.9. The van der Waals surface area contributed by atoms with Gasteiger partial charge in [-0.3, -0.25) is 19.3 Å². The molecule has 1 fully saturated rings. The van der Waals surface area contributed by atoms with E-state index in [0.29, 0.717) is 39.1 Å². The Balaban J connectivity index is 0.000000926. The molecule has 194 valence electrons. The maximum absolute atomic E-state index is 11.9. The van der Waals surface area contributed by atoms with Crippen molar-refractivity contribution in [3.63, 3.8) is 0 Å². The zero-order valence-electron chi connectivity index (χ0n) is 19.9. The molecule has 0 spiro atoms. The van der Waals surface area contributed by atoms with Crippen LogP contribution in [0, 0.1) is 5.41 Å². The summed E-state index contributed by atoms with van der Waals surface area (Å²) in [6, 6.07) is 7.96. The van der Waals surface area contributed by atoms with Gasteiger partial charge in [-0.1, -0.05) is 25.5 Å². The molecule has 1 saturated heterocycles. The number of aliphatic hydroxyl groups is 1. The number of imidazole rings is 1. The van der Waals surface area contributed by atoms with Crippen molar-refractivity contribution in [2.24, 2.45) is 5.41 Å². The maximum atomic E-state index is 11.9. The van der Waals surface area contributed by atoms with Crippen LogP contribution < -0.4 is 4.74 Å². The molecular weight excluding hydrogens is 458 g/mol. The minimum absolute atomic E-state index is 0.250. The number of ether oxygens (including phenoxy) is 1. The van der Waals surface area contributed by atoms with E-state index in [1.54, 1.807) is 12.5 Å². The van der Waals surface area contributed by atoms with Crippen molar-refractivity contribution >= 4 is 18.9 Å². The molecule has 1 aromatic carbocycles. The lowest BCUT2D eigenvalue weighted by atomic mass is 9.74. The van der Waals surface area contributed by atoms with Crippen LogP contribution in [-0.2, 0) is 27.5 Å². The molecule has 0 radical (unpaired) electrons. The van der Waals surface area contributed by atoms with Crippen molar-refractivity contribution in [3.05, 3.63) is 48.5 Å². The number of hydrogen-bond donors (Lipinski definition) is 4. The lowest BCUT2D eigenvalue weighted by Crippen LogP contribution is -2.55. The molecule has 1 aliphatic rings. The number of carbonyl (C=O) groups is 3. The Morgan fingerprint density at radius 1 is 1.29 bits per heavy atom. The topological polar surface area (TPSA) is 162 Å². The van der Waals surface area contributed by atoms with Gasteiger partial charge in [-0.05, 0) is 37.0 Å². The van der Waals surface area contributed by atoms with Crippen LogP contribution in [0.25, 0.3) is 0 Å². The maximum Gasteiger partial charge on any atom is 0.313 e. The monoisotopic (exact) mass is 493 g/mol. The molecule has 11 nitrogen and oxygen atoms in total. The van der Waals surface area contributed by atoms with Crippen molar-refractivity contribution in [1.29, 1.82) is 0 Å². The SMILES string of the molecule is CCC[C@@]1(C(=O)O)CN(Cc2cccc(OCCCn3ccnc3)c2)CC[C@@H]1O.O=CO.O=CO. The first kappa shape index (κ1) is 29.6. The van der Waals surface area contributed by atoms with Gasteiger partial charge in [0.2, 0.25) is 0 Å². The van der Waals surface area contributed by atoms with E-state index >= 15 is 0 Å². The second kappa shape index (κ2) is 16.2. The molecule has 11 heteroatoms.